The Morgan fingerprint density at radius 1 is 1.38 bits per heavy atom. The number of benzene rings is 1. The lowest BCUT2D eigenvalue weighted by Crippen LogP contribution is -1.99. The van der Waals surface area contributed by atoms with Crippen LogP contribution in [-0.2, 0) is 11.2 Å². The van der Waals surface area contributed by atoms with E-state index >= 15 is 0 Å². The zero-order valence-electron chi connectivity index (χ0n) is 9.73. The van der Waals surface area contributed by atoms with E-state index in [2.05, 4.69) is 0 Å². The molecular formula is C12H17NO3. The zero-order chi connectivity index (χ0) is 12.0. The highest BCUT2D eigenvalue weighted by molar-refractivity contribution is 5.47. The minimum absolute atomic E-state index is 0.264. The van der Waals surface area contributed by atoms with Crippen molar-refractivity contribution in [1.82, 2.24) is 0 Å². The number of nitro groups is 1. The van der Waals surface area contributed by atoms with Gasteiger partial charge >= 0.3 is 0 Å². The Morgan fingerprint density at radius 3 is 2.75 bits per heavy atom. The minimum Gasteiger partial charge on any atom is -0.385 e. The number of aryl methyl sites for hydroxylation is 2. The van der Waals surface area contributed by atoms with E-state index < -0.39 is 0 Å². The van der Waals surface area contributed by atoms with Crippen LogP contribution < -0.4 is 0 Å². The van der Waals surface area contributed by atoms with Crippen molar-refractivity contribution < 1.29 is 9.66 Å². The van der Waals surface area contributed by atoms with E-state index in [1.54, 1.807) is 20.1 Å². The maximum absolute atomic E-state index is 10.9. The van der Waals surface area contributed by atoms with Crippen molar-refractivity contribution in [3.05, 3.63) is 39.4 Å². The summed E-state index contributed by atoms with van der Waals surface area (Å²) in [4.78, 5) is 10.6. The Labute approximate surface area is 95.4 Å². The smallest absolute Gasteiger partial charge is 0.275 e. The third-order valence-corrected chi connectivity index (χ3v) is 2.55. The first kappa shape index (κ1) is 12.6. The van der Waals surface area contributed by atoms with Gasteiger partial charge < -0.3 is 4.74 Å². The van der Waals surface area contributed by atoms with Gasteiger partial charge in [-0.25, -0.2) is 0 Å². The molecule has 0 atom stereocenters. The summed E-state index contributed by atoms with van der Waals surface area (Å²) >= 11 is 0. The number of nitrogens with zero attached hydrogens (tertiary/aromatic N) is 1. The molecular weight excluding hydrogens is 206 g/mol. The van der Waals surface area contributed by atoms with Crippen LogP contribution in [0.5, 0.6) is 0 Å². The maximum atomic E-state index is 10.9. The average Bonchev–Trinajstić information content (AvgIpc) is 2.24. The molecule has 0 bridgehead atoms. The van der Waals surface area contributed by atoms with Crippen LogP contribution in [-0.4, -0.2) is 18.6 Å². The van der Waals surface area contributed by atoms with Gasteiger partial charge in [-0.2, -0.15) is 0 Å². The van der Waals surface area contributed by atoms with E-state index in [4.69, 9.17) is 4.74 Å². The van der Waals surface area contributed by atoms with Crippen LogP contribution in [0.25, 0.3) is 0 Å². The van der Waals surface area contributed by atoms with E-state index in [1.165, 1.54) is 0 Å². The van der Waals surface area contributed by atoms with Crippen LogP contribution in [0, 0.1) is 17.0 Å². The molecule has 0 saturated carbocycles. The van der Waals surface area contributed by atoms with Crippen molar-refractivity contribution in [2.24, 2.45) is 0 Å². The third kappa shape index (κ3) is 3.31. The topological polar surface area (TPSA) is 52.4 Å². The molecule has 0 unspecified atom stereocenters. The molecule has 88 valence electrons. The molecule has 0 spiro atoms. The van der Waals surface area contributed by atoms with Gasteiger partial charge in [0.05, 0.1) is 4.92 Å². The van der Waals surface area contributed by atoms with Crippen molar-refractivity contribution in [2.75, 3.05) is 13.7 Å². The highest BCUT2D eigenvalue weighted by Crippen LogP contribution is 2.24. The van der Waals surface area contributed by atoms with Gasteiger partial charge in [-0.1, -0.05) is 18.2 Å². The van der Waals surface area contributed by atoms with Crippen molar-refractivity contribution >= 4 is 5.69 Å². The summed E-state index contributed by atoms with van der Waals surface area (Å²) in [6, 6.07) is 5.47. The second-order valence-corrected chi connectivity index (χ2v) is 3.79. The molecule has 0 N–H and O–H groups in total. The number of hydrogen-bond acceptors (Lipinski definition) is 3. The molecule has 0 radical (unpaired) electrons. The fourth-order valence-electron chi connectivity index (χ4n) is 1.74. The lowest BCUT2D eigenvalue weighted by molar-refractivity contribution is -0.386. The molecule has 0 aliphatic heterocycles. The van der Waals surface area contributed by atoms with Gasteiger partial charge in [0.25, 0.3) is 5.69 Å². The number of unbranched alkanes of at least 4 members (excludes halogenated alkanes) is 1. The van der Waals surface area contributed by atoms with Crippen molar-refractivity contribution in [3.8, 4) is 0 Å². The molecule has 1 aromatic carbocycles. The van der Waals surface area contributed by atoms with Crippen molar-refractivity contribution in [2.45, 2.75) is 26.2 Å². The molecule has 0 saturated heterocycles. The molecule has 0 fully saturated rings. The summed E-state index contributed by atoms with van der Waals surface area (Å²) in [6.07, 6.45) is 2.58. The standard InChI is InChI=1S/C12H17NO3/c1-10-6-5-8-11(12(10)13(14)15)7-3-4-9-16-2/h5-6,8H,3-4,7,9H2,1-2H3. The summed E-state index contributed by atoms with van der Waals surface area (Å²) in [7, 11) is 1.66. The number of hydrogen-bond donors (Lipinski definition) is 0. The first-order chi connectivity index (χ1) is 7.66. The summed E-state index contributed by atoms with van der Waals surface area (Å²) < 4.78 is 4.95. The minimum atomic E-state index is -0.291. The van der Waals surface area contributed by atoms with Crippen molar-refractivity contribution in [1.29, 1.82) is 0 Å². The molecule has 16 heavy (non-hydrogen) atoms. The summed E-state index contributed by atoms with van der Waals surface area (Å²) in [6.45, 7) is 2.48. The Morgan fingerprint density at radius 2 is 2.12 bits per heavy atom. The SMILES string of the molecule is COCCCCc1cccc(C)c1[N+](=O)[O-]. The van der Waals surface area contributed by atoms with Crippen LogP contribution in [0.15, 0.2) is 18.2 Å². The maximum Gasteiger partial charge on any atom is 0.275 e. The number of nitro benzene ring substituents is 1. The lowest BCUT2D eigenvalue weighted by Gasteiger charge is -2.05. The lowest BCUT2D eigenvalue weighted by atomic mass is 10.0. The number of methoxy groups -OCH3 is 1. The van der Waals surface area contributed by atoms with Crippen LogP contribution in [0.4, 0.5) is 5.69 Å². The molecule has 4 nitrogen and oxygen atoms in total. The highest BCUT2D eigenvalue weighted by atomic mass is 16.6. The van der Waals surface area contributed by atoms with Gasteiger partial charge in [0, 0.05) is 24.8 Å². The van der Waals surface area contributed by atoms with E-state index in [0.29, 0.717) is 6.61 Å². The second-order valence-electron chi connectivity index (χ2n) is 3.79. The van der Waals surface area contributed by atoms with Gasteiger partial charge in [-0.05, 0) is 26.2 Å². The predicted octanol–water partition coefficient (Wildman–Crippen LogP) is 2.87. The number of para-hydroxylation sites is 1. The third-order valence-electron chi connectivity index (χ3n) is 2.55. The van der Waals surface area contributed by atoms with Crippen LogP contribution in [0.3, 0.4) is 0 Å². The summed E-state index contributed by atoms with van der Waals surface area (Å²) in [5.74, 6) is 0. The molecule has 1 rings (SSSR count). The second kappa shape index (κ2) is 6.23. The average molecular weight is 223 g/mol. The van der Waals surface area contributed by atoms with Gasteiger partial charge in [-0.15, -0.1) is 0 Å². The van der Waals surface area contributed by atoms with Gasteiger partial charge in [-0.3, -0.25) is 10.1 Å². The zero-order valence-corrected chi connectivity index (χ0v) is 9.73. The molecule has 0 aliphatic carbocycles. The Bertz CT molecular complexity index is 363. The van der Waals surface area contributed by atoms with Gasteiger partial charge in [0.15, 0.2) is 0 Å². The fraction of sp³-hybridized carbons (Fsp3) is 0.500. The quantitative estimate of drug-likeness (QED) is 0.423. The number of rotatable bonds is 6. The van der Waals surface area contributed by atoms with Crippen molar-refractivity contribution in [3.63, 3.8) is 0 Å². The molecule has 0 amide bonds. The molecule has 0 aliphatic rings. The van der Waals surface area contributed by atoms with Crippen LogP contribution in [0.2, 0.25) is 0 Å². The van der Waals surface area contributed by atoms with Crippen LogP contribution in [0.1, 0.15) is 24.0 Å². The molecule has 1 aromatic rings. The molecule has 0 heterocycles. The Kier molecular flexibility index (Phi) is 4.92. The largest absolute Gasteiger partial charge is 0.385 e. The van der Waals surface area contributed by atoms with E-state index in [9.17, 15) is 10.1 Å². The predicted molar refractivity (Wildman–Crippen MR) is 62.6 cm³/mol. The Hall–Kier alpha value is -1.42. The monoisotopic (exact) mass is 223 g/mol. The molecule has 0 aromatic heterocycles. The Balaban J connectivity index is 2.71. The van der Waals surface area contributed by atoms with E-state index in [0.717, 1.165) is 30.4 Å². The molecule has 4 heteroatoms. The summed E-state index contributed by atoms with van der Waals surface area (Å²) in [5, 5.41) is 10.9. The number of ether oxygens (including phenoxy) is 1. The van der Waals surface area contributed by atoms with Gasteiger partial charge in [0.1, 0.15) is 0 Å². The van der Waals surface area contributed by atoms with Gasteiger partial charge in [0.2, 0.25) is 0 Å². The fourth-order valence-corrected chi connectivity index (χ4v) is 1.74. The normalized spacial score (nSPS) is 10.4. The van der Waals surface area contributed by atoms with Crippen LogP contribution >= 0.6 is 0 Å². The van der Waals surface area contributed by atoms with E-state index in [1.807, 2.05) is 12.1 Å². The first-order valence-electron chi connectivity index (χ1n) is 5.38. The first-order valence-corrected chi connectivity index (χ1v) is 5.38. The summed E-state index contributed by atoms with van der Waals surface area (Å²) in [5.41, 5.74) is 1.82. The highest BCUT2D eigenvalue weighted by Gasteiger charge is 2.15. The van der Waals surface area contributed by atoms with E-state index in [-0.39, 0.29) is 10.6 Å².